The molecule has 1 fully saturated rings. The van der Waals surface area contributed by atoms with Gasteiger partial charge in [0.15, 0.2) is 5.84 Å². The molecule has 0 amide bonds. The number of hydrogen-bond acceptors (Lipinski definition) is 4. The van der Waals surface area contributed by atoms with Gasteiger partial charge in [0, 0.05) is 5.69 Å². The van der Waals surface area contributed by atoms with Crippen molar-refractivity contribution in [2.75, 3.05) is 0 Å². The van der Waals surface area contributed by atoms with Crippen LogP contribution in [-0.2, 0) is 12.8 Å². The number of amidine groups is 1. The van der Waals surface area contributed by atoms with Crippen molar-refractivity contribution < 1.29 is 9.94 Å². The summed E-state index contributed by atoms with van der Waals surface area (Å²) in [5.74, 6) is 0.599. The van der Waals surface area contributed by atoms with Crippen LogP contribution in [0.2, 0.25) is 0 Å². The topological polar surface area (TPSA) is 80.7 Å². The molecule has 0 spiro atoms. The van der Waals surface area contributed by atoms with E-state index in [1.54, 1.807) is 0 Å². The van der Waals surface area contributed by atoms with Crippen molar-refractivity contribution in [2.24, 2.45) is 10.9 Å². The molecule has 1 aromatic heterocycles. The van der Waals surface area contributed by atoms with Crippen LogP contribution in [-0.4, -0.2) is 22.1 Å². The lowest BCUT2D eigenvalue weighted by molar-refractivity contribution is 0.114. The molecule has 0 saturated heterocycles. The summed E-state index contributed by atoms with van der Waals surface area (Å²) in [6.45, 7) is 0. The van der Waals surface area contributed by atoms with Crippen molar-refractivity contribution in [2.45, 2.75) is 44.6 Å². The molecule has 1 heterocycles. The summed E-state index contributed by atoms with van der Waals surface area (Å²) in [5, 5.41) is 11.9. The molecule has 0 aliphatic heterocycles. The number of nitrogens with two attached hydrogens (primary N) is 1. The highest BCUT2D eigenvalue weighted by Crippen LogP contribution is 2.30. The molecule has 0 radical (unpaired) electrons. The summed E-state index contributed by atoms with van der Waals surface area (Å²) in [7, 11) is 0. The zero-order chi connectivity index (χ0) is 12.5. The Morgan fingerprint density at radius 3 is 2.89 bits per heavy atom. The number of nitrogens with zero attached hydrogens (tertiary/aromatic N) is 2. The van der Waals surface area contributed by atoms with E-state index in [0.29, 0.717) is 11.4 Å². The Bertz CT molecular complexity index is 495. The number of rotatable bonds is 3. The Morgan fingerprint density at radius 1 is 1.39 bits per heavy atom. The molecule has 0 atom stereocenters. The van der Waals surface area contributed by atoms with E-state index in [9.17, 15) is 0 Å². The third kappa shape index (κ3) is 1.89. The molecule has 0 aromatic carbocycles. The second kappa shape index (κ2) is 4.48. The fourth-order valence-corrected chi connectivity index (χ4v) is 2.43. The van der Waals surface area contributed by atoms with Gasteiger partial charge < -0.3 is 15.7 Å². The van der Waals surface area contributed by atoms with Crippen LogP contribution in [0.5, 0.6) is 5.88 Å². The van der Waals surface area contributed by atoms with E-state index in [-0.39, 0.29) is 11.9 Å². The maximum Gasteiger partial charge on any atom is 0.225 e. The maximum absolute atomic E-state index is 8.85. The van der Waals surface area contributed by atoms with Crippen LogP contribution in [0, 0.1) is 0 Å². The molecule has 5 heteroatoms. The predicted octanol–water partition coefficient (Wildman–Crippen LogP) is 1.60. The largest absolute Gasteiger partial charge is 0.474 e. The highest BCUT2D eigenvalue weighted by molar-refractivity contribution is 5.99. The summed E-state index contributed by atoms with van der Waals surface area (Å²) in [4.78, 5) is 4.55. The molecule has 2 aliphatic carbocycles. The molecule has 5 nitrogen and oxygen atoms in total. The summed E-state index contributed by atoms with van der Waals surface area (Å²) < 4.78 is 5.85. The van der Waals surface area contributed by atoms with Gasteiger partial charge in [-0.1, -0.05) is 5.16 Å². The van der Waals surface area contributed by atoms with Gasteiger partial charge in [-0.15, -0.1) is 0 Å². The quantitative estimate of drug-likeness (QED) is 0.368. The first-order valence-electron chi connectivity index (χ1n) is 6.45. The van der Waals surface area contributed by atoms with Crippen molar-refractivity contribution in [1.82, 2.24) is 4.98 Å². The van der Waals surface area contributed by atoms with Crippen molar-refractivity contribution in [3.63, 3.8) is 0 Å². The Labute approximate surface area is 106 Å². The summed E-state index contributed by atoms with van der Waals surface area (Å²) in [6, 6.07) is 1.96. The fraction of sp³-hybridized carbons (Fsp3) is 0.538. The van der Waals surface area contributed by atoms with E-state index in [2.05, 4.69) is 10.1 Å². The molecular formula is C13H17N3O2. The minimum Gasteiger partial charge on any atom is -0.474 e. The molecule has 3 rings (SSSR count). The number of aromatic nitrogens is 1. The van der Waals surface area contributed by atoms with Crippen LogP contribution in [0.3, 0.4) is 0 Å². The number of pyridine rings is 1. The van der Waals surface area contributed by atoms with Crippen LogP contribution in [0.25, 0.3) is 0 Å². The van der Waals surface area contributed by atoms with E-state index in [1.165, 1.54) is 12.0 Å². The van der Waals surface area contributed by atoms with E-state index in [0.717, 1.165) is 37.8 Å². The molecule has 96 valence electrons. The third-order valence-electron chi connectivity index (χ3n) is 3.73. The lowest BCUT2D eigenvalue weighted by Gasteiger charge is -2.26. The second-order valence-electron chi connectivity index (χ2n) is 4.96. The van der Waals surface area contributed by atoms with Crippen LogP contribution in [0.1, 0.15) is 42.5 Å². The number of aryl methyl sites for hydroxylation is 2. The minimum absolute atomic E-state index is 0.0755. The molecule has 3 N–H and O–H groups in total. The first kappa shape index (κ1) is 11.3. The lowest BCUT2D eigenvalue weighted by atomic mass is 9.96. The van der Waals surface area contributed by atoms with Gasteiger partial charge in [-0.3, -0.25) is 0 Å². The van der Waals surface area contributed by atoms with Crippen molar-refractivity contribution in [3.05, 3.63) is 22.9 Å². The first-order valence-corrected chi connectivity index (χ1v) is 6.45. The molecule has 1 saturated carbocycles. The Morgan fingerprint density at radius 2 is 2.22 bits per heavy atom. The van der Waals surface area contributed by atoms with E-state index in [1.807, 2.05) is 6.07 Å². The van der Waals surface area contributed by atoms with E-state index in [4.69, 9.17) is 15.7 Å². The SMILES string of the molecule is NC(=NO)c1cc2c(nc1OC1CCC1)CCC2. The molecule has 0 bridgehead atoms. The molecular weight excluding hydrogens is 230 g/mol. The smallest absolute Gasteiger partial charge is 0.225 e. The zero-order valence-corrected chi connectivity index (χ0v) is 10.2. The monoisotopic (exact) mass is 247 g/mol. The van der Waals surface area contributed by atoms with Crippen LogP contribution in [0.4, 0.5) is 0 Å². The standard InChI is InChI=1S/C13H17N3O2/c14-12(16-17)10-7-8-3-1-6-11(8)15-13(10)18-9-4-2-5-9/h7,9,17H,1-6H2,(H2,14,16). The first-order chi connectivity index (χ1) is 8.78. The molecule has 1 aromatic rings. The van der Waals surface area contributed by atoms with Crippen LogP contribution in [0.15, 0.2) is 11.2 Å². The molecule has 18 heavy (non-hydrogen) atoms. The van der Waals surface area contributed by atoms with Gasteiger partial charge >= 0.3 is 0 Å². The average Bonchev–Trinajstić information content (AvgIpc) is 2.78. The number of hydrogen-bond donors (Lipinski definition) is 2. The predicted molar refractivity (Wildman–Crippen MR) is 67.0 cm³/mol. The van der Waals surface area contributed by atoms with Gasteiger partial charge in [-0.05, 0) is 50.2 Å². The minimum atomic E-state index is 0.0755. The van der Waals surface area contributed by atoms with Gasteiger partial charge in [-0.2, -0.15) is 0 Å². The van der Waals surface area contributed by atoms with Gasteiger partial charge in [0.1, 0.15) is 6.10 Å². The zero-order valence-electron chi connectivity index (χ0n) is 10.2. The number of oxime groups is 1. The van der Waals surface area contributed by atoms with E-state index >= 15 is 0 Å². The Balaban J connectivity index is 1.97. The third-order valence-corrected chi connectivity index (χ3v) is 3.73. The number of fused-ring (bicyclic) bond motifs is 1. The molecule has 0 unspecified atom stereocenters. The van der Waals surface area contributed by atoms with Gasteiger partial charge in [0.25, 0.3) is 0 Å². The van der Waals surface area contributed by atoms with Gasteiger partial charge in [0.2, 0.25) is 5.88 Å². The summed E-state index contributed by atoms with van der Waals surface area (Å²) in [5.41, 5.74) is 8.61. The van der Waals surface area contributed by atoms with Crippen molar-refractivity contribution in [3.8, 4) is 5.88 Å². The second-order valence-corrected chi connectivity index (χ2v) is 4.96. The van der Waals surface area contributed by atoms with E-state index < -0.39 is 0 Å². The Hall–Kier alpha value is -1.78. The maximum atomic E-state index is 8.85. The Kier molecular flexibility index (Phi) is 2.81. The fourth-order valence-electron chi connectivity index (χ4n) is 2.43. The highest BCUT2D eigenvalue weighted by atomic mass is 16.5. The van der Waals surface area contributed by atoms with Gasteiger partial charge in [-0.25, -0.2) is 4.98 Å². The van der Waals surface area contributed by atoms with Crippen molar-refractivity contribution >= 4 is 5.84 Å². The lowest BCUT2D eigenvalue weighted by Crippen LogP contribution is -2.27. The van der Waals surface area contributed by atoms with Crippen LogP contribution >= 0.6 is 0 Å². The highest BCUT2D eigenvalue weighted by Gasteiger charge is 2.24. The summed E-state index contributed by atoms with van der Waals surface area (Å²) >= 11 is 0. The number of ether oxygens (including phenoxy) is 1. The molecule has 2 aliphatic rings. The average molecular weight is 247 g/mol. The summed E-state index contributed by atoms with van der Waals surface area (Å²) in [6.07, 6.45) is 6.69. The normalized spacial score (nSPS) is 19.4. The van der Waals surface area contributed by atoms with Crippen molar-refractivity contribution in [1.29, 1.82) is 0 Å². The van der Waals surface area contributed by atoms with Crippen LogP contribution < -0.4 is 10.5 Å². The van der Waals surface area contributed by atoms with Gasteiger partial charge in [0.05, 0.1) is 5.56 Å².